The van der Waals surface area contributed by atoms with E-state index in [0.29, 0.717) is 39.0 Å². The fraction of sp³-hybridized carbons (Fsp3) is 0.176. The van der Waals surface area contributed by atoms with Crippen LogP contribution in [0.15, 0.2) is 51.4 Å². The molecule has 0 saturated carbocycles. The van der Waals surface area contributed by atoms with Crippen molar-refractivity contribution in [3.05, 3.63) is 62.5 Å². The molecule has 0 aromatic heterocycles. The van der Waals surface area contributed by atoms with Crippen LogP contribution in [0.25, 0.3) is 0 Å². The Morgan fingerprint density at radius 3 is 2.36 bits per heavy atom. The van der Waals surface area contributed by atoms with Crippen LogP contribution in [0.2, 0.25) is 0 Å². The molecule has 2 aromatic carbocycles. The molecule has 0 aliphatic heterocycles. The molecular formula is C17H16Br2N2O4. The van der Waals surface area contributed by atoms with Gasteiger partial charge < -0.3 is 9.47 Å². The highest BCUT2D eigenvalue weighted by molar-refractivity contribution is 9.10. The number of nitrogens with one attached hydrogen (secondary N) is 2. The standard InChI is InChI=1S/C17H16Br2N2O4/c1-24-8-9-25-15-7-6-11(10-14(15)19)16(22)20-21-17(23)12-4-2-3-5-13(12)18/h2-7,10H,8-9H2,1H3,(H,20,22)(H,21,23). The first-order chi connectivity index (χ1) is 12.0. The molecule has 0 aliphatic rings. The van der Waals surface area contributed by atoms with Gasteiger partial charge in [0.1, 0.15) is 12.4 Å². The van der Waals surface area contributed by atoms with Gasteiger partial charge in [-0.3, -0.25) is 20.4 Å². The molecule has 0 spiro atoms. The summed E-state index contributed by atoms with van der Waals surface area (Å²) in [5.41, 5.74) is 5.56. The maximum absolute atomic E-state index is 12.2. The molecule has 0 aliphatic carbocycles. The van der Waals surface area contributed by atoms with Crippen LogP contribution >= 0.6 is 31.9 Å². The second-order valence-corrected chi connectivity index (χ2v) is 6.58. The minimum atomic E-state index is -0.440. The fourth-order valence-electron chi connectivity index (χ4n) is 1.89. The predicted octanol–water partition coefficient (Wildman–Crippen LogP) is 3.31. The average Bonchev–Trinajstić information content (AvgIpc) is 2.61. The van der Waals surface area contributed by atoms with Gasteiger partial charge in [-0.15, -0.1) is 0 Å². The van der Waals surface area contributed by atoms with Crippen LogP contribution in [0.1, 0.15) is 20.7 Å². The number of halogens is 2. The minimum Gasteiger partial charge on any atom is -0.490 e. The largest absolute Gasteiger partial charge is 0.490 e. The van der Waals surface area contributed by atoms with E-state index in [9.17, 15) is 9.59 Å². The van der Waals surface area contributed by atoms with Crippen LogP contribution in [-0.2, 0) is 4.74 Å². The number of carbonyl (C=O) groups excluding carboxylic acids is 2. The summed E-state index contributed by atoms with van der Waals surface area (Å²) in [6, 6.07) is 11.8. The van der Waals surface area contributed by atoms with Gasteiger partial charge >= 0.3 is 0 Å². The summed E-state index contributed by atoms with van der Waals surface area (Å²) in [5, 5.41) is 0. The van der Waals surface area contributed by atoms with Gasteiger partial charge in [0.25, 0.3) is 11.8 Å². The van der Waals surface area contributed by atoms with E-state index in [2.05, 4.69) is 42.7 Å². The van der Waals surface area contributed by atoms with Crippen LogP contribution in [-0.4, -0.2) is 32.1 Å². The van der Waals surface area contributed by atoms with Gasteiger partial charge in [0.15, 0.2) is 0 Å². The van der Waals surface area contributed by atoms with E-state index in [1.807, 2.05) is 0 Å². The number of ether oxygens (including phenoxy) is 2. The lowest BCUT2D eigenvalue weighted by atomic mass is 10.2. The minimum absolute atomic E-state index is 0.374. The normalized spacial score (nSPS) is 10.2. The summed E-state index contributed by atoms with van der Waals surface area (Å²) in [5.74, 6) is -0.255. The van der Waals surface area contributed by atoms with Crippen molar-refractivity contribution in [3.8, 4) is 5.75 Å². The third-order valence-electron chi connectivity index (χ3n) is 3.15. The second-order valence-electron chi connectivity index (χ2n) is 4.87. The first kappa shape index (κ1) is 19.4. The van der Waals surface area contributed by atoms with E-state index in [1.165, 1.54) is 0 Å². The van der Waals surface area contributed by atoms with E-state index >= 15 is 0 Å². The van der Waals surface area contributed by atoms with Crippen LogP contribution in [0.3, 0.4) is 0 Å². The summed E-state index contributed by atoms with van der Waals surface area (Å²) in [4.78, 5) is 24.2. The first-order valence-corrected chi connectivity index (χ1v) is 8.88. The summed E-state index contributed by atoms with van der Waals surface area (Å²) in [6.45, 7) is 0.873. The van der Waals surface area contributed by atoms with Crippen molar-refractivity contribution in [3.63, 3.8) is 0 Å². The smallest absolute Gasteiger partial charge is 0.270 e. The van der Waals surface area contributed by atoms with Crippen molar-refractivity contribution in [2.45, 2.75) is 0 Å². The number of hydrazine groups is 1. The lowest BCUT2D eigenvalue weighted by Crippen LogP contribution is -2.41. The Morgan fingerprint density at radius 2 is 1.68 bits per heavy atom. The summed E-state index contributed by atoms with van der Waals surface area (Å²) in [6.07, 6.45) is 0. The Balaban J connectivity index is 1.95. The number of hydrogen-bond acceptors (Lipinski definition) is 4. The highest BCUT2D eigenvalue weighted by atomic mass is 79.9. The second kappa shape index (κ2) is 9.55. The molecule has 0 heterocycles. The molecule has 8 heteroatoms. The van der Waals surface area contributed by atoms with Crippen molar-refractivity contribution >= 4 is 43.7 Å². The van der Waals surface area contributed by atoms with Crippen LogP contribution < -0.4 is 15.6 Å². The first-order valence-electron chi connectivity index (χ1n) is 7.29. The third-order valence-corrected chi connectivity index (χ3v) is 4.46. The van der Waals surface area contributed by atoms with Gasteiger partial charge in [-0.25, -0.2) is 0 Å². The molecule has 0 unspecified atom stereocenters. The van der Waals surface area contributed by atoms with Crippen molar-refractivity contribution in [1.29, 1.82) is 0 Å². The Kier molecular flexibility index (Phi) is 7.42. The Labute approximate surface area is 162 Å². The number of benzene rings is 2. The number of rotatable bonds is 6. The zero-order chi connectivity index (χ0) is 18.2. The molecule has 0 fully saturated rings. The van der Waals surface area contributed by atoms with E-state index < -0.39 is 11.8 Å². The Morgan fingerprint density at radius 1 is 0.960 bits per heavy atom. The zero-order valence-corrected chi connectivity index (χ0v) is 16.5. The number of methoxy groups -OCH3 is 1. The van der Waals surface area contributed by atoms with Gasteiger partial charge in [-0.2, -0.15) is 0 Å². The quantitative estimate of drug-likeness (QED) is 0.500. The lowest BCUT2D eigenvalue weighted by Gasteiger charge is -2.11. The van der Waals surface area contributed by atoms with Crippen LogP contribution in [0, 0.1) is 0 Å². The molecule has 2 N–H and O–H groups in total. The molecule has 25 heavy (non-hydrogen) atoms. The Bertz CT molecular complexity index is 768. The molecule has 2 amide bonds. The zero-order valence-electron chi connectivity index (χ0n) is 13.3. The van der Waals surface area contributed by atoms with Gasteiger partial charge in [-0.1, -0.05) is 12.1 Å². The SMILES string of the molecule is COCCOc1ccc(C(=O)NNC(=O)c2ccccc2Br)cc1Br. The van der Waals surface area contributed by atoms with Crippen molar-refractivity contribution in [1.82, 2.24) is 10.9 Å². The maximum Gasteiger partial charge on any atom is 0.270 e. The third kappa shape index (κ3) is 5.55. The maximum atomic E-state index is 12.2. The average molecular weight is 472 g/mol. The molecule has 132 valence electrons. The van der Waals surface area contributed by atoms with E-state index in [4.69, 9.17) is 9.47 Å². The van der Waals surface area contributed by atoms with Gasteiger partial charge in [-0.05, 0) is 62.2 Å². The molecular weight excluding hydrogens is 456 g/mol. The number of amides is 2. The topological polar surface area (TPSA) is 76.7 Å². The molecule has 0 saturated heterocycles. The Hall–Kier alpha value is -1.90. The summed E-state index contributed by atoms with van der Waals surface area (Å²) >= 11 is 6.64. The van der Waals surface area contributed by atoms with Crippen molar-refractivity contribution in [2.75, 3.05) is 20.3 Å². The molecule has 6 nitrogen and oxygen atoms in total. The molecule has 0 bridgehead atoms. The van der Waals surface area contributed by atoms with Crippen LogP contribution in [0.4, 0.5) is 0 Å². The number of carbonyl (C=O) groups is 2. The van der Waals surface area contributed by atoms with E-state index in [1.54, 1.807) is 49.6 Å². The van der Waals surface area contributed by atoms with Crippen LogP contribution in [0.5, 0.6) is 5.75 Å². The highest BCUT2D eigenvalue weighted by Gasteiger charge is 2.13. The molecule has 0 atom stereocenters. The monoisotopic (exact) mass is 470 g/mol. The summed E-state index contributed by atoms with van der Waals surface area (Å²) < 4.78 is 11.7. The molecule has 2 aromatic rings. The van der Waals surface area contributed by atoms with Crippen molar-refractivity contribution < 1.29 is 19.1 Å². The molecule has 2 rings (SSSR count). The van der Waals surface area contributed by atoms with Crippen molar-refractivity contribution in [2.24, 2.45) is 0 Å². The highest BCUT2D eigenvalue weighted by Crippen LogP contribution is 2.26. The number of hydrogen-bond donors (Lipinski definition) is 2. The van der Waals surface area contributed by atoms with E-state index in [0.717, 1.165) is 0 Å². The van der Waals surface area contributed by atoms with Gasteiger partial charge in [0.05, 0.1) is 16.6 Å². The van der Waals surface area contributed by atoms with E-state index in [-0.39, 0.29) is 0 Å². The summed E-state index contributed by atoms with van der Waals surface area (Å²) in [7, 11) is 1.59. The lowest BCUT2D eigenvalue weighted by molar-refractivity contribution is 0.0846. The predicted molar refractivity (Wildman–Crippen MR) is 101 cm³/mol. The van der Waals surface area contributed by atoms with Gasteiger partial charge in [0.2, 0.25) is 0 Å². The van der Waals surface area contributed by atoms with Gasteiger partial charge in [0, 0.05) is 17.1 Å². The fourth-order valence-corrected chi connectivity index (χ4v) is 2.85. The molecule has 0 radical (unpaired) electrons.